The van der Waals surface area contributed by atoms with E-state index in [-0.39, 0.29) is 11.3 Å². The van der Waals surface area contributed by atoms with E-state index in [1.165, 1.54) is 4.90 Å². The molecule has 1 unspecified atom stereocenters. The van der Waals surface area contributed by atoms with Gasteiger partial charge < -0.3 is 9.84 Å². The summed E-state index contributed by atoms with van der Waals surface area (Å²) in [5.74, 6) is -1.01. The van der Waals surface area contributed by atoms with E-state index in [1.54, 1.807) is 54.7 Å². The minimum atomic E-state index is -0.839. The molecule has 162 valence electrons. The predicted octanol–water partition coefficient (Wildman–Crippen LogP) is 4.81. The average molecular weight is 428 g/mol. The van der Waals surface area contributed by atoms with E-state index in [4.69, 9.17) is 4.74 Å². The molecule has 0 saturated carbocycles. The van der Waals surface area contributed by atoms with Crippen molar-refractivity contribution in [3.05, 3.63) is 95.3 Å². The van der Waals surface area contributed by atoms with E-state index in [2.05, 4.69) is 4.98 Å². The zero-order chi connectivity index (χ0) is 22.7. The summed E-state index contributed by atoms with van der Waals surface area (Å²) in [6.45, 7) is 4.52. The molecule has 2 heterocycles. The third-order valence-corrected chi connectivity index (χ3v) is 5.29. The largest absolute Gasteiger partial charge is 0.507 e. The van der Waals surface area contributed by atoms with E-state index in [0.717, 1.165) is 12.0 Å². The van der Waals surface area contributed by atoms with Crippen molar-refractivity contribution >= 4 is 23.1 Å². The van der Waals surface area contributed by atoms with Crippen LogP contribution in [0.15, 0.2) is 78.5 Å². The van der Waals surface area contributed by atoms with Crippen LogP contribution >= 0.6 is 0 Å². The van der Waals surface area contributed by atoms with Crippen molar-refractivity contribution < 1.29 is 19.4 Å². The molecule has 6 heteroatoms. The van der Waals surface area contributed by atoms with Crippen LogP contribution in [-0.4, -0.2) is 28.4 Å². The monoisotopic (exact) mass is 428 g/mol. The smallest absolute Gasteiger partial charge is 0.300 e. The van der Waals surface area contributed by atoms with Crippen molar-refractivity contribution in [1.82, 2.24) is 4.98 Å². The molecule has 3 aromatic rings. The van der Waals surface area contributed by atoms with Crippen LogP contribution < -0.4 is 9.64 Å². The average Bonchev–Trinajstić information content (AvgIpc) is 3.08. The normalized spacial score (nSPS) is 17.6. The second-order valence-corrected chi connectivity index (χ2v) is 7.64. The zero-order valence-corrected chi connectivity index (χ0v) is 18.0. The standard InChI is InChI=1S/C26H24N2O4/c1-3-15-32-20-12-10-18(11-13-20)24(29)22-23(21-9-4-5-14-27-21)28(26(31)25(22)30)19-8-6-7-17(2)16-19/h4-14,16,23,29H,3,15H2,1-2H3/b24-22+. The number of hydrogen-bond donors (Lipinski definition) is 1. The molecule has 2 aromatic carbocycles. The highest BCUT2D eigenvalue weighted by atomic mass is 16.5. The van der Waals surface area contributed by atoms with Gasteiger partial charge in [-0.25, -0.2) is 0 Å². The van der Waals surface area contributed by atoms with Crippen LogP contribution in [0.25, 0.3) is 5.76 Å². The number of nitrogens with zero attached hydrogens (tertiary/aromatic N) is 2. The lowest BCUT2D eigenvalue weighted by molar-refractivity contribution is -0.132. The molecule has 1 atom stereocenters. The Kier molecular flexibility index (Phi) is 6.03. The van der Waals surface area contributed by atoms with Crippen LogP contribution in [0.5, 0.6) is 5.75 Å². The molecule has 0 bridgehead atoms. The van der Waals surface area contributed by atoms with E-state index >= 15 is 0 Å². The molecule has 0 spiro atoms. The second-order valence-electron chi connectivity index (χ2n) is 7.64. The molecule has 6 nitrogen and oxygen atoms in total. The van der Waals surface area contributed by atoms with E-state index in [9.17, 15) is 14.7 Å². The van der Waals surface area contributed by atoms with Gasteiger partial charge in [-0.15, -0.1) is 0 Å². The second kappa shape index (κ2) is 9.06. The molecule has 1 N–H and O–H groups in total. The van der Waals surface area contributed by atoms with Crippen LogP contribution in [0.1, 0.15) is 36.2 Å². The molecule has 0 aliphatic carbocycles. The number of amides is 1. The molecule has 1 aromatic heterocycles. The summed E-state index contributed by atoms with van der Waals surface area (Å²) in [7, 11) is 0. The Labute approximate surface area is 186 Å². The van der Waals surface area contributed by atoms with Gasteiger partial charge in [0.2, 0.25) is 0 Å². The summed E-state index contributed by atoms with van der Waals surface area (Å²) in [6.07, 6.45) is 2.49. The number of benzene rings is 2. The maximum atomic E-state index is 13.1. The molecule has 1 fully saturated rings. The molecule has 0 radical (unpaired) electrons. The highest BCUT2D eigenvalue weighted by Gasteiger charge is 2.47. The van der Waals surface area contributed by atoms with Gasteiger partial charge in [0.15, 0.2) is 0 Å². The Balaban J connectivity index is 1.84. The van der Waals surface area contributed by atoms with Gasteiger partial charge in [0.05, 0.1) is 17.9 Å². The number of aromatic nitrogens is 1. The van der Waals surface area contributed by atoms with Crippen LogP contribution in [0, 0.1) is 6.92 Å². The van der Waals surface area contributed by atoms with Crippen LogP contribution in [0.2, 0.25) is 0 Å². The number of aliphatic hydroxyl groups excluding tert-OH is 1. The third-order valence-electron chi connectivity index (χ3n) is 5.29. The van der Waals surface area contributed by atoms with Crippen molar-refractivity contribution in [2.24, 2.45) is 0 Å². The highest BCUT2D eigenvalue weighted by Crippen LogP contribution is 2.41. The number of Topliss-reactive ketones (excluding diaryl/α,β-unsaturated/α-hetero) is 1. The molecular weight excluding hydrogens is 404 g/mol. The van der Waals surface area contributed by atoms with Crippen LogP contribution in [0.3, 0.4) is 0 Å². The topological polar surface area (TPSA) is 79.7 Å². The number of aryl methyl sites for hydroxylation is 1. The fourth-order valence-corrected chi connectivity index (χ4v) is 3.78. The minimum absolute atomic E-state index is 0.0115. The van der Waals surface area contributed by atoms with Gasteiger partial charge in [-0.05, 0) is 67.4 Å². The van der Waals surface area contributed by atoms with E-state index in [0.29, 0.717) is 29.3 Å². The Morgan fingerprint density at radius 2 is 1.84 bits per heavy atom. The number of ketones is 1. The van der Waals surface area contributed by atoms with E-state index < -0.39 is 17.7 Å². The first-order valence-electron chi connectivity index (χ1n) is 10.5. The lowest BCUT2D eigenvalue weighted by Gasteiger charge is -2.24. The minimum Gasteiger partial charge on any atom is -0.507 e. The predicted molar refractivity (Wildman–Crippen MR) is 122 cm³/mol. The van der Waals surface area contributed by atoms with Crippen molar-refractivity contribution in [3.63, 3.8) is 0 Å². The summed E-state index contributed by atoms with van der Waals surface area (Å²) < 4.78 is 5.59. The molecule has 1 aliphatic rings. The summed E-state index contributed by atoms with van der Waals surface area (Å²) in [5.41, 5.74) is 2.46. The van der Waals surface area contributed by atoms with Crippen LogP contribution in [0.4, 0.5) is 5.69 Å². The van der Waals surface area contributed by atoms with Gasteiger partial charge in [0.1, 0.15) is 17.6 Å². The SMILES string of the molecule is CCCOc1ccc(/C(O)=C2\C(=O)C(=O)N(c3cccc(C)c3)C2c2ccccn2)cc1. The fourth-order valence-electron chi connectivity index (χ4n) is 3.78. The number of carbonyl (C=O) groups excluding carboxylic acids is 2. The Morgan fingerprint density at radius 1 is 1.06 bits per heavy atom. The third kappa shape index (κ3) is 3.99. The van der Waals surface area contributed by atoms with Crippen molar-refractivity contribution in [2.45, 2.75) is 26.3 Å². The Morgan fingerprint density at radius 3 is 2.50 bits per heavy atom. The summed E-state index contributed by atoms with van der Waals surface area (Å²) in [5, 5.41) is 11.1. The number of hydrogen-bond acceptors (Lipinski definition) is 5. The van der Waals surface area contributed by atoms with Crippen LogP contribution in [-0.2, 0) is 9.59 Å². The van der Waals surface area contributed by atoms with Gasteiger partial charge in [0, 0.05) is 17.4 Å². The van der Waals surface area contributed by atoms with E-state index in [1.807, 2.05) is 32.0 Å². The van der Waals surface area contributed by atoms with Crippen molar-refractivity contribution in [3.8, 4) is 5.75 Å². The Hall–Kier alpha value is -3.93. The summed E-state index contributed by atoms with van der Waals surface area (Å²) in [4.78, 5) is 32.0. The lowest BCUT2D eigenvalue weighted by atomic mass is 9.98. The van der Waals surface area contributed by atoms with Gasteiger partial charge >= 0.3 is 0 Å². The highest BCUT2D eigenvalue weighted by molar-refractivity contribution is 6.51. The molecular formula is C26H24N2O4. The van der Waals surface area contributed by atoms with Crippen molar-refractivity contribution in [1.29, 1.82) is 0 Å². The number of aliphatic hydroxyl groups is 1. The molecule has 1 saturated heterocycles. The molecule has 4 rings (SSSR count). The van der Waals surface area contributed by atoms with Gasteiger partial charge in [-0.2, -0.15) is 0 Å². The Bertz CT molecular complexity index is 1170. The molecule has 1 aliphatic heterocycles. The van der Waals surface area contributed by atoms with Gasteiger partial charge in [-0.3, -0.25) is 19.5 Å². The maximum Gasteiger partial charge on any atom is 0.300 e. The fraction of sp³-hybridized carbons (Fsp3) is 0.192. The summed E-state index contributed by atoms with van der Waals surface area (Å²) in [6, 6.07) is 18.6. The molecule has 32 heavy (non-hydrogen) atoms. The lowest BCUT2D eigenvalue weighted by Crippen LogP contribution is -2.29. The van der Waals surface area contributed by atoms with Gasteiger partial charge in [-0.1, -0.05) is 25.1 Å². The number of carbonyl (C=O) groups is 2. The zero-order valence-electron chi connectivity index (χ0n) is 18.0. The number of pyridine rings is 1. The first kappa shape index (κ1) is 21.3. The van der Waals surface area contributed by atoms with Crippen molar-refractivity contribution in [2.75, 3.05) is 11.5 Å². The maximum absolute atomic E-state index is 13.1. The van der Waals surface area contributed by atoms with Gasteiger partial charge in [0.25, 0.3) is 11.7 Å². The summed E-state index contributed by atoms with van der Waals surface area (Å²) >= 11 is 0. The first-order chi connectivity index (χ1) is 15.5. The number of anilines is 1. The number of ether oxygens (including phenoxy) is 1. The quantitative estimate of drug-likeness (QED) is 0.346. The number of rotatable bonds is 6. The molecule has 1 amide bonds. The first-order valence-corrected chi connectivity index (χ1v) is 10.5.